The lowest BCUT2D eigenvalue weighted by Gasteiger charge is -2.19. The van der Waals surface area contributed by atoms with Gasteiger partial charge in [-0.25, -0.2) is 0 Å². The number of carbonyl (C=O) groups excluding carboxylic acids is 1. The summed E-state index contributed by atoms with van der Waals surface area (Å²) >= 11 is 0. The molecule has 170 valence electrons. The highest BCUT2D eigenvalue weighted by Gasteiger charge is 2.23. The summed E-state index contributed by atoms with van der Waals surface area (Å²) in [6.45, 7) is 1.87. The van der Waals surface area contributed by atoms with Crippen molar-refractivity contribution in [3.05, 3.63) is 130 Å². The van der Waals surface area contributed by atoms with E-state index in [0.717, 1.165) is 11.3 Å². The summed E-state index contributed by atoms with van der Waals surface area (Å²) in [5.74, 6) is -0.438. The Kier molecular flexibility index (Phi) is 6.88. The predicted molar refractivity (Wildman–Crippen MR) is 129 cm³/mol. The van der Waals surface area contributed by atoms with Gasteiger partial charge in [-0.3, -0.25) is 24.9 Å². The van der Waals surface area contributed by atoms with Gasteiger partial charge in [0.25, 0.3) is 11.6 Å². The Balaban J connectivity index is 1.60. The van der Waals surface area contributed by atoms with Gasteiger partial charge in [0.1, 0.15) is 5.69 Å². The highest BCUT2D eigenvalue weighted by molar-refractivity contribution is 5.96. The number of nitro groups is 1. The summed E-state index contributed by atoms with van der Waals surface area (Å²) in [5.41, 5.74) is 2.57. The van der Waals surface area contributed by atoms with E-state index in [-0.39, 0.29) is 17.3 Å². The molecule has 8 heteroatoms. The SMILES string of the molecule is CC(Nc1ccc(C(=O)NC(c2ccccc2)c2ccccn2)cc1[N+](=O)[O-])c1ccccn1. The molecule has 2 heterocycles. The normalized spacial score (nSPS) is 12.4. The van der Waals surface area contributed by atoms with Gasteiger partial charge in [-0.05, 0) is 48.9 Å². The van der Waals surface area contributed by atoms with Gasteiger partial charge in [0, 0.05) is 24.0 Å². The molecule has 0 fully saturated rings. The Morgan fingerprint density at radius 1 is 0.882 bits per heavy atom. The van der Waals surface area contributed by atoms with Gasteiger partial charge in [0.2, 0.25) is 0 Å². The van der Waals surface area contributed by atoms with Gasteiger partial charge < -0.3 is 10.6 Å². The van der Waals surface area contributed by atoms with Crippen LogP contribution in [0.2, 0.25) is 0 Å². The Morgan fingerprint density at radius 3 is 2.15 bits per heavy atom. The lowest BCUT2D eigenvalue weighted by molar-refractivity contribution is -0.384. The van der Waals surface area contributed by atoms with Gasteiger partial charge in [0.05, 0.1) is 28.4 Å². The van der Waals surface area contributed by atoms with E-state index in [1.807, 2.05) is 61.5 Å². The van der Waals surface area contributed by atoms with Crippen molar-refractivity contribution in [1.82, 2.24) is 15.3 Å². The van der Waals surface area contributed by atoms with E-state index < -0.39 is 16.9 Å². The monoisotopic (exact) mass is 453 g/mol. The summed E-state index contributed by atoms with van der Waals surface area (Å²) < 4.78 is 0. The third-order valence-corrected chi connectivity index (χ3v) is 5.35. The van der Waals surface area contributed by atoms with Gasteiger partial charge in [-0.2, -0.15) is 0 Å². The first-order chi connectivity index (χ1) is 16.5. The maximum Gasteiger partial charge on any atom is 0.293 e. The fourth-order valence-corrected chi connectivity index (χ4v) is 3.62. The van der Waals surface area contributed by atoms with E-state index in [1.54, 1.807) is 36.7 Å². The van der Waals surface area contributed by atoms with E-state index in [0.29, 0.717) is 11.4 Å². The number of nitrogens with one attached hydrogen (secondary N) is 2. The second-order valence-corrected chi connectivity index (χ2v) is 7.68. The molecule has 4 rings (SSSR count). The smallest absolute Gasteiger partial charge is 0.293 e. The molecule has 0 aliphatic rings. The topological polar surface area (TPSA) is 110 Å². The van der Waals surface area contributed by atoms with Crippen molar-refractivity contribution in [3.63, 3.8) is 0 Å². The van der Waals surface area contributed by atoms with Crippen LogP contribution in [-0.2, 0) is 0 Å². The summed E-state index contributed by atoms with van der Waals surface area (Å²) in [7, 11) is 0. The number of nitro benzene ring substituents is 1. The molecule has 0 saturated carbocycles. The third-order valence-electron chi connectivity index (χ3n) is 5.35. The number of benzene rings is 2. The average molecular weight is 454 g/mol. The van der Waals surface area contributed by atoms with Gasteiger partial charge in [-0.15, -0.1) is 0 Å². The van der Waals surface area contributed by atoms with E-state index in [2.05, 4.69) is 20.6 Å². The summed E-state index contributed by atoms with van der Waals surface area (Å²) in [6, 6.07) is 24.0. The van der Waals surface area contributed by atoms with Crippen LogP contribution >= 0.6 is 0 Å². The molecule has 0 spiro atoms. The van der Waals surface area contributed by atoms with Crippen molar-refractivity contribution in [2.75, 3.05) is 5.32 Å². The van der Waals surface area contributed by atoms with Crippen LogP contribution in [-0.4, -0.2) is 20.8 Å². The van der Waals surface area contributed by atoms with Crippen molar-refractivity contribution in [2.24, 2.45) is 0 Å². The first-order valence-electron chi connectivity index (χ1n) is 10.8. The molecule has 2 unspecified atom stereocenters. The minimum absolute atomic E-state index is 0.180. The van der Waals surface area contributed by atoms with Crippen LogP contribution < -0.4 is 10.6 Å². The van der Waals surface area contributed by atoms with Crippen LogP contribution in [0.25, 0.3) is 0 Å². The molecule has 1 amide bonds. The molecule has 0 radical (unpaired) electrons. The van der Waals surface area contributed by atoms with Crippen molar-refractivity contribution in [2.45, 2.75) is 19.0 Å². The fraction of sp³-hybridized carbons (Fsp3) is 0.115. The minimum Gasteiger partial charge on any atom is -0.371 e. The number of aromatic nitrogens is 2. The molecule has 4 aromatic rings. The molecular weight excluding hydrogens is 430 g/mol. The molecule has 0 aliphatic carbocycles. The van der Waals surface area contributed by atoms with Crippen LogP contribution in [0.4, 0.5) is 11.4 Å². The largest absolute Gasteiger partial charge is 0.371 e. The Morgan fingerprint density at radius 2 is 1.53 bits per heavy atom. The fourth-order valence-electron chi connectivity index (χ4n) is 3.62. The Hall–Kier alpha value is -4.59. The zero-order valence-corrected chi connectivity index (χ0v) is 18.5. The van der Waals surface area contributed by atoms with Crippen molar-refractivity contribution in [1.29, 1.82) is 0 Å². The van der Waals surface area contributed by atoms with E-state index in [4.69, 9.17) is 0 Å². The van der Waals surface area contributed by atoms with Gasteiger partial charge >= 0.3 is 0 Å². The lowest BCUT2D eigenvalue weighted by atomic mass is 10.0. The zero-order valence-electron chi connectivity index (χ0n) is 18.5. The summed E-state index contributed by atoms with van der Waals surface area (Å²) in [6.07, 6.45) is 3.33. The number of anilines is 1. The minimum atomic E-state index is -0.504. The first-order valence-corrected chi connectivity index (χ1v) is 10.8. The summed E-state index contributed by atoms with van der Waals surface area (Å²) in [5, 5.41) is 17.9. The van der Waals surface area contributed by atoms with E-state index >= 15 is 0 Å². The summed E-state index contributed by atoms with van der Waals surface area (Å²) in [4.78, 5) is 33.1. The molecule has 0 saturated heterocycles. The highest BCUT2D eigenvalue weighted by atomic mass is 16.6. The number of hydrogen-bond acceptors (Lipinski definition) is 6. The maximum absolute atomic E-state index is 13.1. The molecule has 0 aliphatic heterocycles. The average Bonchev–Trinajstić information content (AvgIpc) is 2.88. The number of rotatable bonds is 8. The number of carbonyl (C=O) groups is 1. The van der Waals surface area contributed by atoms with Crippen LogP contribution in [0.5, 0.6) is 0 Å². The number of pyridine rings is 2. The second kappa shape index (κ2) is 10.4. The number of nitrogens with zero attached hydrogens (tertiary/aromatic N) is 3. The zero-order chi connectivity index (χ0) is 23.9. The maximum atomic E-state index is 13.1. The Labute approximate surface area is 196 Å². The standard InChI is InChI=1S/C26H23N5O3/c1-18(21-11-5-7-15-27-21)29-22-14-13-20(17-24(22)31(33)34)26(32)30-25(19-9-3-2-4-10-19)23-12-6-8-16-28-23/h2-18,25,29H,1H3,(H,30,32). The molecule has 34 heavy (non-hydrogen) atoms. The van der Waals surface area contributed by atoms with Crippen molar-refractivity contribution in [3.8, 4) is 0 Å². The van der Waals surface area contributed by atoms with E-state index in [1.165, 1.54) is 6.07 Å². The van der Waals surface area contributed by atoms with Crippen LogP contribution in [0.1, 0.15) is 46.3 Å². The molecule has 2 N–H and O–H groups in total. The molecular formula is C26H23N5O3. The molecule has 2 aromatic heterocycles. The molecule has 0 bridgehead atoms. The van der Waals surface area contributed by atoms with Gasteiger partial charge in [-0.1, -0.05) is 42.5 Å². The van der Waals surface area contributed by atoms with E-state index in [9.17, 15) is 14.9 Å². The van der Waals surface area contributed by atoms with Crippen molar-refractivity contribution < 1.29 is 9.72 Å². The van der Waals surface area contributed by atoms with Crippen LogP contribution in [0.15, 0.2) is 97.3 Å². The van der Waals surface area contributed by atoms with Crippen LogP contribution in [0, 0.1) is 10.1 Å². The first kappa shape index (κ1) is 22.6. The molecule has 2 aromatic carbocycles. The second-order valence-electron chi connectivity index (χ2n) is 7.68. The molecule has 2 atom stereocenters. The lowest BCUT2D eigenvalue weighted by Crippen LogP contribution is -2.30. The third kappa shape index (κ3) is 5.24. The number of amides is 1. The number of hydrogen-bond donors (Lipinski definition) is 2. The molecule has 8 nitrogen and oxygen atoms in total. The Bertz CT molecular complexity index is 1230. The highest BCUT2D eigenvalue weighted by Crippen LogP contribution is 2.29. The quantitative estimate of drug-likeness (QED) is 0.284. The van der Waals surface area contributed by atoms with Crippen molar-refractivity contribution >= 4 is 17.3 Å². The predicted octanol–water partition coefficient (Wildman–Crippen LogP) is 5.08. The van der Waals surface area contributed by atoms with Gasteiger partial charge in [0.15, 0.2) is 0 Å². The van der Waals surface area contributed by atoms with Crippen LogP contribution in [0.3, 0.4) is 0 Å².